The molecule has 4 nitrogen and oxygen atoms in total. The molecule has 0 aliphatic rings. The lowest BCUT2D eigenvalue weighted by atomic mass is 10.0. The van der Waals surface area contributed by atoms with Crippen LogP contribution in [0.2, 0.25) is 0 Å². The third-order valence-corrected chi connectivity index (χ3v) is 5.65. The van der Waals surface area contributed by atoms with Crippen molar-refractivity contribution in [1.29, 1.82) is 0 Å². The number of benzene rings is 2. The molecular weight excluding hydrogens is 356 g/mol. The Morgan fingerprint density at radius 2 is 1.93 bits per heavy atom. The molecular formula is C22H20N2O2S. The van der Waals surface area contributed by atoms with Crippen LogP contribution in [0.25, 0.3) is 10.2 Å². The van der Waals surface area contributed by atoms with Gasteiger partial charge in [-0.1, -0.05) is 41.2 Å². The lowest BCUT2D eigenvalue weighted by Gasteiger charge is -2.20. The quantitative estimate of drug-likeness (QED) is 0.461. The number of furan rings is 1. The number of rotatable bonds is 4. The molecule has 0 radical (unpaired) electrons. The smallest absolute Gasteiger partial charge is 0.260 e. The Kier molecular flexibility index (Phi) is 4.54. The molecule has 0 spiro atoms. The summed E-state index contributed by atoms with van der Waals surface area (Å²) < 4.78 is 6.58. The van der Waals surface area contributed by atoms with Gasteiger partial charge < -0.3 is 4.42 Å². The maximum atomic E-state index is 13.5. The van der Waals surface area contributed by atoms with E-state index in [2.05, 4.69) is 0 Å². The molecule has 1 amide bonds. The third kappa shape index (κ3) is 3.38. The van der Waals surface area contributed by atoms with Gasteiger partial charge in [-0.3, -0.25) is 9.69 Å². The molecule has 136 valence electrons. The van der Waals surface area contributed by atoms with Crippen molar-refractivity contribution < 1.29 is 9.21 Å². The zero-order valence-corrected chi connectivity index (χ0v) is 16.3. The normalized spacial score (nSPS) is 11.1. The summed E-state index contributed by atoms with van der Waals surface area (Å²) in [6.07, 6.45) is 1.62. The van der Waals surface area contributed by atoms with Gasteiger partial charge in [0.2, 0.25) is 0 Å². The van der Waals surface area contributed by atoms with Gasteiger partial charge >= 0.3 is 0 Å². The molecule has 4 aromatic rings. The first kappa shape index (κ1) is 17.5. The predicted molar refractivity (Wildman–Crippen MR) is 109 cm³/mol. The van der Waals surface area contributed by atoms with E-state index in [1.807, 2.05) is 69.3 Å². The number of para-hydroxylation sites is 1. The maximum Gasteiger partial charge on any atom is 0.260 e. The molecule has 4 rings (SSSR count). The fraction of sp³-hybridized carbons (Fsp3) is 0.182. The summed E-state index contributed by atoms with van der Waals surface area (Å²) >= 11 is 1.53. The van der Waals surface area contributed by atoms with Crippen molar-refractivity contribution in [3.05, 3.63) is 82.8 Å². The number of aryl methyl sites for hydroxylation is 3. The van der Waals surface area contributed by atoms with Crippen molar-refractivity contribution in [3.8, 4) is 0 Å². The molecule has 0 N–H and O–H groups in total. The van der Waals surface area contributed by atoms with Gasteiger partial charge in [0.25, 0.3) is 5.91 Å². The fourth-order valence-corrected chi connectivity index (χ4v) is 4.13. The van der Waals surface area contributed by atoms with E-state index in [9.17, 15) is 4.79 Å². The summed E-state index contributed by atoms with van der Waals surface area (Å²) in [6, 6.07) is 15.7. The molecule has 0 saturated carbocycles. The summed E-state index contributed by atoms with van der Waals surface area (Å²) in [4.78, 5) is 19.9. The summed E-state index contributed by atoms with van der Waals surface area (Å²) in [5.41, 5.74) is 4.75. The van der Waals surface area contributed by atoms with Crippen molar-refractivity contribution in [2.75, 3.05) is 4.90 Å². The van der Waals surface area contributed by atoms with E-state index in [1.165, 1.54) is 11.3 Å². The van der Waals surface area contributed by atoms with Crippen molar-refractivity contribution in [1.82, 2.24) is 4.98 Å². The second-order valence-corrected chi connectivity index (χ2v) is 7.72. The van der Waals surface area contributed by atoms with Crippen LogP contribution < -0.4 is 4.90 Å². The highest BCUT2D eigenvalue weighted by Gasteiger charge is 2.24. The number of carbonyl (C=O) groups is 1. The lowest BCUT2D eigenvalue weighted by Crippen LogP contribution is -2.30. The largest absolute Gasteiger partial charge is 0.467 e. The molecule has 0 atom stereocenters. The standard InChI is InChI=1S/C22H20N2O2S/c1-14-9-10-15(2)18(12-14)21(25)24(13-17-7-5-11-26-17)22-23-20-16(3)6-4-8-19(20)27-22/h4-12H,13H2,1-3H3. The Hall–Kier alpha value is -2.92. The first-order chi connectivity index (χ1) is 13.0. The lowest BCUT2D eigenvalue weighted by molar-refractivity contribution is 0.0982. The van der Waals surface area contributed by atoms with Gasteiger partial charge in [0.15, 0.2) is 5.13 Å². The third-order valence-electron chi connectivity index (χ3n) is 4.60. The van der Waals surface area contributed by atoms with Crippen LogP contribution in [0.5, 0.6) is 0 Å². The van der Waals surface area contributed by atoms with E-state index in [0.717, 1.165) is 32.7 Å². The predicted octanol–water partition coefficient (Wildman–Crippen LogP) is 5.66. The van der Waals surface area contributed by atoms with Gasteiger partial charge in [-0.05, 0) is 56.2 Å². The minimum atomic E-state index is -0.0655. The molecule has 5 heteroatoms. The summed E-state index contributed by atoms with van der Waals surface area (Å²) in [5.74, 6) is 0.661. The Morgan fingerprint density at radius 3 is 2.67 bits per heavy atom. The van der Waals surface area contributed by atoms with Crippen LogP contribution in [0.3, 0.4) is 0 Å². The maximum absolute atomic E-state index is 13.5. The Balaban J connectivity index is 1.81. The van der Waals surface area contributed by atoms with Crippen LogP contribution in [-0.2, 0) is 6.54 Å². The van der Waals surface area contributed by atoms with Gasteiger partial charge in [-0.25, -0.2) is 4.98 Å². The molecule has 2 aromatic heterocycles. The number of anilines is 1. The van der Waals surface area contributed by atoms with Gasteiger partial charge in [0, 0.05) is 5.56 Å². The van der Waals surface area contributed by atoms with Gasteiger partial charge in [0.1, 0.15) is 5.76 Å². The minimum absolute atomic E-state index is 0.0655. The Morgan fingerprint density at radius 1 is 1.07 bits per heavy atom. The molecule has 2 aromatic carbocycles. The molecule has 0 saturated heterocycles. The van der Waals surface area contributed by atoms with Crippen LogP contribution in [0.4, 0.5) is 5.13 Å². The van der Waals surface area contributed by atoms with E-state index in [1.54, 1.807) is 11.2 Å². The Labute approximate surface area is 162 Å². The summed E-state index contributed by atoms with van der Waals surface area (Å²) in [7, 11) is 0. The van der Waals surface area contributed by atoms with Crippen LogP contribution in [-0.4, -0.2) is 10.9 Å². The average molecular weight is 376 g/mol. The van der Waals surface area contributed by atoms with Crippen molar-refractivity contribution in [2.45, 2.75) is 27.3 Å². The van der Waals surface area contributed by atoms with E-state index in [4.69, 9.17) is 9.40 Å². The number of aromatic nitrogens is 1. The molecule has 0 unspecified atom stereocenters. The molecule has 0 fully saturated rings. The first-order valence-corrected chi connectivity index (χ1v) is 9.62. The van der Waals surface area contributed by atoms with E-state index >= 15 is 0 Å². The number of thiazole rings is 1. The average Bonchev–Trinajstić information content (AvgIpc) is 3.31. The number of nitrogens with zero attached hydrogens (tertiary/aromatic N) is 2. The molecule has 0 aliphatic carbocycles. The van der Waals surface area contributed by atoms with Crippen molar-refractivity contribution >= 4 is 32.6 Å². The highest BCUT2D eigenvalue weighted by Crippen LogP contribution is 2.32. The topological polar surface area (TPSA) is 46.3 Å². The highest BCUT2D eigenvalue weighted by molar-refractivity contribution is 7.22. The summed E-state index contributed by atoms with van der Waals surface area (Å²) in [5, 5.41) is 0.682. The molecule has 0 bridgehead atoms. The number of carbonyl (C=O) groups excluding carboxylic acids is 1. The van der Waals surface area contributed by atoms with Crippen LogP contribution in [0.1, 0.15) is 32.8 Å². The van der Waals surface area contributed by atoms with Crippen LogP contribution in [0, 0.1) is 20.8 Å². The van der Waals surface area contributed by atoms with E-state index in [0.29, 0.717) is 17.2 Å². The molecule has 2 heterocycles. The number of hydrogen-bond acceptors (Lipinski definition) is 4. The van der Waals surface area contributed by atoms with Crippen LogP contribution in [0.15, 0.2) is 59.2 Å². The Bertz CT molecular complexity index is 1110. The number of hydrogen-bond donors (Lipinski definition) is 0. The zero-order valence-electron chi connectivity index (χ0n) is 15.5. The van der Waals surface area contributed by atoms with Gasteiger partial charge in [0.05, 0.1) is 23.0 Å². The SMILES string of the molecule is Cc1ccc(C)c(C(=O)N(Cc2ccco2)c2nc3c(C)cccc3s2)c1. The monoisotopic (exact) mass is 376 g/mol. The molecule has 27 heavy (non-hydrogen) atoms. The summed E-state index contributed by atoms with van der Waals surface area (Å²) in [6.45, 7) is 6.34. The van der Waals surface area contributed by atoms with E-state index in [-0.39, 0.29) is 5.91 Å². The van der Waals surface area contributed by atoms with Crippen molar-refractivity contribution in [2.24, 2.45) is 0 Å². The minimum Gasteiger partial charge on any atom is -0.467 e. The highest BCUT2D eigenvalue weighted by atomic mass is 32.1. The fourth-order valence-electron chi connectivity index (χ4n) is 3.09. The van der Waals surface area contributed by atoms with Crippen molar-refractivity contribution in [3.63, 3.8) is 0 Å². The van der Waals surface area contributed by atoms with E-state index < -0.39 is 0 Å². The zero-order chi connectivity index (χ0) is 19.0. The number of amides is 1. The second kappa shape index (κ2) is 7.00. The van der Waals surface area contributed by atoms with Gasteiger partial charge in [-0.2, -0.15) is 0 Å². The second-order valence-electron chi connectivity index (χ2n) is 6.71. The molecule has 0 aliphatic heterocycles. The number of fused-ring (bicyclic) bond motifs is 1. The van der Waals surface area contributed by atoms with Crippen LogP contribution >= 0.6 is 11.3 Å². The first-order valence-electron chi connectivity index (χ1n) is 8.80. The van der Waals surface area contributed by atoms with Gasteiger partial charge in [-0.15, -0.1) is 0 Å².